The summed E-state index contributed by atoms with van der Waals surface area (Å²) in [5, 5.41) is 14.0. The van der Waals surface area contributed by atoms with Crippen LogP contribution >= 0.6 is 11.3 Å². The Bertz CT molecular complexity index is 499. The van der Waals surface area contributed by atoms with Gasteiger partial charge in [0.25, 0.3) is 0 Å². The molecule has 2 amide bonds. The predicted octanol–water partition coefficient (Wildman–Crippen LogP) is 2.92. The van der Waals surface area contributed by atoms with Gasteiger partial charge >= 0.3 is 12.0 Å². The Hall–Kier alpha value is -1.56. The van der Waals surface area contributed by atoms with E-state index < -0.39 is 11.4 Å². The van der Waals surface area contributed by atoms with Crippen molar-refractivity contribution in [2.45, 2.75) is 45.7 Å². The number of hydrogen-bond acceptors (Lipinski definition) is 3. The fourth-order valence-electron chi connectivity index (χ4n) is 2.05. The number of nitrogens with zero attached hydrogens (tertiary/aromatic N) is 1. The summed E-state index contributed by atoms with van der Waals surface area (Å²) >= 11 is 1.63. The molecule has 1 aromatic rings. The zero-order valence-electron chi connectivity index (χ0n) is 12.5. The number of thiophene rings is 1. The summed E-state index contributed by atoms with van der Waals surface area (Å²) in [6.07, 6.45) is 2.54. The van der Waals surface area contributed by atoms with Gasteiger partial charge in [-0.05, 0) is 37.6 Å². The minimum absolute atomic E-state index is 0.158. The standard InChI is InChI=1S/C15H22N2O3S/c1-3-15(2,13(18)19)10-16-14(20)17(11-6-7-11)9-12-5-4-8-21-12/h4-5,8,11H,3,6-7,9-10H2,1-2H3,(H,16,20)(H,18,19). The first kappa shape index (κ1) is 15.8. The molecule has 2 N–H and O–H groups in total. The van der Waals surface area contributed by atoms with Crippen LogP contribution in [0.5, 0.6) is 0 Å². The molecular formula is C15H22N2O3S. The third-order valence-electron chi connectivity index (χ3n) is 4.08. The summed E-state index contributed by atoms with van der Waals surface area (Å²) < 4.78 is 0. The molecule has 1 aliphatic carbocycles. The molecule has 1 atom stereocenters. The van der Waals surface area contributed by atoms with E-state index in [9.17, 15) is 14.7 Å². The molecule has 2 rings (SSSR count). The highest BCUT2D eigenvalue weighted by Gasteiger charge is 2.35. The zero-order valence-corrected chi connectivity index (χ0v) is 13.3. The highest BCUT2D eigenvalue weighted by Crippen LogP contribution is 2.29. The summed E-state index contributed by atoms with van der Waals surface area (Å²) in [7, 11) is 0. The van der Waals surface area contributed by atoms with Gasteiger partial charge in [0.1, 0.15) is 0 Å². The van der Waals surface area contributed by atoms with Gasteiger partial charge in [-0.3, -0.25) is 4.79 Å². The number of carbonyl (C=O) groups is 2. The Kier molecular flexibility index (Phi) is 4.88. The molecule has 5 nitrogen and oxygen atoms in total. The molecule has 1 unspecified atom stereocenters. The smallest absolute Gasteiger partial charge is 0.318 e. The first-order valence-electron chi connectivity index (χ1n) is 7.26. The van der Waals surface area contributed by atoms with Crippen LogP contribution in [0.15, 0.2) is 17.5 Å². The fourth-order valence-corrected chi connectivity index (χ4v) is 2.75. The van der Waals surface area contributed by atoms with Gasteiger partial charge in [-0.1, -0.05) is 13.0 Å². The van der Waals surface area contributed by atoms with Crippen LogP contribution in [0.2, 0.25) is 0 Å². The van der Waals surface area contributed by atoms with Crippen molar-refractivity contribution < 1.29 is 14.7 Å². The molecule has 0 spiro atoms. The monoisotopic (exact) mass is 310 g/mol. The Morgan fingerprint density at radius 3 is 2.71 bits per heavy atom. The fraction of sp³-hybridized carbons (Fsp3) is 0.600. The average molecular weight is 310 g/mol. The van der Waals surface area contributed by atoms with E-state index in [4.69, 9.17) is 0 Å². The van der Waals surface area contributed by atoms with Crippen molar-refractivity contribution in [1.82, 2.24) is 10.2 Å². The van der Waals surface area contributed by atoms with Gasteiger partial charge in [0, 0.05) is 17.5 Å². The molecule has 1 fully saturated rings. The maximum Gasteiger partial charge on any atom is 0.318 e. The third kappa shape index (κ3) is 3.97. The summed E-state index contributed by atoms with van der Waals surface area (Å²) in [5.41, 5.74) is -0.909. The van der Waals surface area contributed by atoms with Crippen molar-refractivity contribution >= 4 is 23.3 Å². The number of carboxylic acid groups (broad SMARTS) is 1. The van der Waals surface area contributed by atoms with E-state index in [2.05, 4.69) is 5.32 Å². The maximum absolute atomic E-state index is 12.4. The van der Waals surface area contributed by atoms with Gasteiger partial charge < -0.3 is 15.3 Å². The number of rotatable bonds is 7. The van der Waals surface area contributed by atoms with Gasteiger partial charge in [-0.2, -0.15) is 0 Å². The lowest BCUT2D eigenvalue weighted by atomic mass is 9.88. The summed E-state index contributed by atoms with van der Waals surface area (Å²) in [4.78, 5) is 26.6. The highest BCUT2D eigenvalue weighted by atomic mass is 32.1. The van der Waals surface area contributed by atoms with E-state index in [0.29, 0.717) is 19.0 Å². The quantitative estimate of drug-likeness (QED) is 0.813. The second-order valence-corrected chi connectivity index (χ2v) is 6.85. The van der Waals surface area contributed by atoms with E-state index in [-0.39, 0.29) is 12.6 Å². The molecule has 1 aromatic heterocycles. The lowest BCUT2D eigenvalue weighted by molar-refractivity contribution is -0.147. The van der Waals surface area contributed by atoms with Gasteiger partial charge in [0.15, 0.2) is 0 Å². The Balaban J connectivity index is 1.94. The SMILES string of the molecule is CCC(C)(CNC(=O)N(Cc1cccs1)C1CC1)C(=O)O. The van der Waals surface area contributed by atoms with Crippen LogP contribution in [-0.2, 0) is 11.3 Å². The largest absolute Gasteiger partial charge is 0.481 e. The number of nitrogens with one attached hydrogen (secondary N) is 1. The van der Waals surface area contributed by atoms with Crippen LogP contribution in [0.4, 0.5) is 4.79 Å². The van der Waals surface area contributed by atoms with Gasteiger partial charge in [0.2, 0.25) is 0 Å². The van der Waals surface area contributed by atoms with Crippen molar-refractivity contribution in [3.05, 3.63) is 22.4 Å². The molecule has 1 saturated carbocycles. The molecular weight excluding hydrogens is 288 g/mol. The number of urea groups is 1. The van der Waals surface area contributed by atoms with Crippen LogP contribution in [0.25, 0.3) is 0 Å². The van der Waals surface area contributed by atoms with Crippen molar-refractivity contribution in [2.24, 2.45) is 5.41 Å². The Labute approximate surface area is 129 Å². The molecule has 1 heterocycles. The highest BCUT2D eigenvalue weighted by molar-refractivity contribution is 7.09. The van der Waals surface area contributed by atoms with E-state index in [1.807, 2.05) is 29.3 Å². The third-order valence-corrected chi connectivity index (χ3v) is 4.94. The second kappa shape index (κ2) is 6.47. The Morgan fingerprint density at radius 1 is 1.52 bits per heavy atom. The molecule has 0 radical (unpaired) electrons. The number of carbonyl (C=O) groups excluding carboxylic acids is 1. The lowest BCUT2D eigenvalue weighted by Crippen LogP contribution is -2.46. The van der Waals surface area contributed by atoms with Crippen molar-refractivity contribution in [2.75, 3.05) is 6.54 Å². The topological polar surface area (TPSA) is 69.6 Å². The predicted molar refractivity (Wildman–Crippen MR) is 82.3 cm³/mol. The van der Waals surface area contributed by atoms with E-state index >= 15 is 0 Å². The molecule has 6 heteroatoms. The lowest BCUT2D eigenvalue weighted by Gasteiger charge is -2.27. The normalized spacial score (nSPS) is 17.0. The first-order chi connectivity index (χ1) is 9.96. The average Bonchev–Trinajstić information content (AvgIpc) is 3.18. The molecule has 116 valence electrons. The van der Waals surface area contributed by atoms with Crippen LogP contribution in [-0.4, -0.2) is 34.6 Å². The zero-order chi connectivity index (χ0) is 15.5. The Morgan fingerprint density at radius 2 is 2.24 bits per heavy atom. The van der Waals surface area contributed by atoms with Crippen molar-refractivity contribution in [1.29, 1.82) is 0 Å². The van der Waals surface area contributed by atoms with Crippen molar-refractivity contribution in [3.8, 4) is 0 Å². The van der Waals surface area contributed by atoms with Crippen molar-refractivity contribution in [3.63, 3.8) is 0 Å². The van der Waals surface area contributed by atoms with E-state index in [0.717, 1.165) is 17.7 Å². The number of carboxylic acids is 1. The molecule has 1 aliphatic rings. The maximum atomic E-state index is 12.4. The summed E-state index contributed by atoms with van der Waals surface area (Å²) in [6.45, 7) is 4.25. The molecule has 0 saturated heterocycles. The van der Waals surface area contributed by atoms with Crippen LogP contribution in [0, 0.1) is 5.41 Å². The van der Waals surface area contributed by atoms with Gasteiger partial charge in [-0.25, -0.2) is 4.79 Å². The minimum atomic E-state index is -0.909. The second-order valence-electron chi connectivity index (χ2n) is 5.82. The first-order valence-corrected chi connectivity index (χ1v) is 8.14. The molecule has 0 aliphatic heterocycles. The minimum Gasteiger partial charge on any atom is -0.481 e. The molecule has 0 bridgehead atoms. The summed E-state index contributed by atoms with van der Waals surface area (Å²) in [6, 6.07) is 4.12. The van der Waals surface area contributed by atoms with Gasteiger partial charge in [0.05, 0.1) is 12.0 Å². The van der Waals surface area contributed by atoms with E-state index in [1.165, 1.54) is 0 Å². The van der Waals surface area contributed by atoms with Crippen LogP contribution in [0.1, 0.15) is 38.0 Å². The number of hydrogen-bond donors (Lipinski definition) is 2. The number of aliphatic carboxylic acids is 1. The van der Waals surface area contributed by atoms with Gasteiger partial charge in [-0.15, -0.1) is 11.3 Å². The molecule has 0 aromatic carbocycles. The van der Waals surface area contributed by atoms with Crippen LogP contribution in [0.3, 0.4) is 0 Å². The van der Waals surface area contributed by atoms with Crippen LogP contribution < -0.4 is 5.32 Å². The number of amides is 2. The summed E-state index contributed by atoms with van der Waals surface area (Å²) in [5.74, 6) is -0.874. The molecule has 21 heavy (non-hydrogen) atoms. The van der Waals surface area contributed by atoms with E-state index in [1.54, 1.807) is 18.3 Å².